The van der Waals surface area contributed by atoms with Gasteiger partial charge in [-0.05, 0) is 48.9 Å². The number of aryl methyl sites for hydroxylation is 1. The van der Waals surface area contributed by atoms with Gasteiger partial charge < -0.3 is 9.26 Å². The molecule has 0 aliphatic heterocycles. The maximum Gasteiger partial charge on any atom is 0.257 e. The minimum Gasteiger partial charge on any atom is -0.486 e. The number of nitrogens with zero attached hydrogens (tertiary/aromatic N) is 2. The van der Waals surface area contributed by atoms with E-state index in [4.69, 9.17) is 20.9 Å². The molecule has 0 unspecified atom stereocenters. The van der Waals surface area contributed by atoms with Crippen LogP contribution in [0.4, 0.5) is 4.39 Å². The molecule has 0 saturated heterocycles. The molecule has 3 aliphatic rings. The highest BCUT2D eigenvalue weighted by Crippen LogP contribution is 2.75. The first kappa shape index (κ1) is 21.8. The number of hydrogen-bond acceptors (Lipinski definition) is 6. The Hall–Kier alpha value is -3.06. The molecule has 170 valence electrons. The number of aromatic nitrogens is 2. The topological polar surface area (TPSA) is 82.3 Å². The second-order valence-electron chi connectivity index (χ2n) is 9.20. The third kappa shape index (κ3) is 4.29. The van der Waals surface area contributed by atoms with Gasteiger partial charge in [0.25, 0.3) is 5.89 Å². The molecule has 8 heteroatoms. The Morgan fingerprint density at radius 2 is 1.88 bits per heavy atom. The van der Waals surface area contributed by atoms with Crippen molar-refractivity contribution in [3.05, 3.63) is 65.2 Å². The number of rotatable bonds is 10. The van der Waals surface area contributed by atoms with Crippen LogP contribution >= 0.6 is 11.6 Å². The summed E-state index contributed by atoms with van der Waals surface area (Å²) in [5.41, 5.74) is 0.458. The summed E-state index contributed by atoms with van der Waals surface area (Å²) >= 11 is 5.65. The van der Waals surface area contributed by atoms with E-state index in [0.29, 0.717) is 31.0 Å². The first-order chi connectivity index (χ1) is 15.9. The van der Waals surface area contributed by atoms with Crippen LogP contribution in [-0.2, 0) is 16.0 Å². The van der Waals surface area contributed by atoms with Gasteiger partial charge in [-0.2, -0.15) is 4.98 Å². The zero-order chi connectivity index (χ0) is 23.1. The zero-order valence-corrected chi connectivity index (χ0v) is 18.6. The minimum absolute atomic E-state index is 0.00785. The van der Waals surface area contributed by atoms with Crippen molar-refractivity contribution in [3.63, 3.8) is 0 Å². The fraction of sp³-hybridized carbons (Fsp3) is 0.360. The van der Waals surface area contributed by atoms with Gasteiger partial charge in [0, 0.05) is 36.3 Å². The van der Waals surface area contributed by atoms with Gasteiger partial charge >= 0.3 is 0 Å². The average molecular weight is 469 g/mol. The molecular formula is C25H22ClFN2O4. The molecule has 33 heavy (non-hydrogen) atoms. The largest absolute Gasteiger partial charge is 0.486 e. The van der Waals surface area contributed by atoms with E-state index in [9.17, 15) is 14.0 Å². The summed E-state index contributed by atoms with van der Waals surface area (Å²) in [6, 6.07) is 13.6. The molecule has 3 aliphatic carbocycles. The number of hydrogen-bond donors (Lipinski definition) is 0. The first-order valence-electron chi connectivity index (χ1n) is 10.9. The van der Waals surface area contributed by atoms with E-state index >= 15 is 0 Å². The molecule has 0 N–H and O–H groups in total. The lowest BCUT2D eigenvalue weighted by Gasteiger charge is -2.70. The second-order valence-corrected chi connectivity index (χ2v) is 9.60. The average Bonchev–Trinajstić information content (AvgIpc) is 3.24. The molecule has 0 spiro atoms. The van der Waals surface area contributed by atoms with Crippen LogP contribution < -0.4 is 4.74 Å². The SMILES string of the molecule is O=C(COc1ccc(Cl)c(F)c1)CC12CC(C(=O)CCc3noc(-c4ccccc4)n3)(C1)C2. The Morgan fingerprint density at radius 1 is 1.12 bits per heavy atom. The maximum atomic E-state index is 13.5. The second kappa shape index (κ2) is 8.37. The predicted molar refractivity (Wildman–Crippen MR) is 118 cm³/mol. The molecule has 6 nitrogen and oxygen atoms in total. The van der Waals surface area contributed by atoms with E-state index in [-0.39, 0.29) is 39.8 Å². The summed E-state index contributed by atoms with van der Waals surface area (Å²) in [7, 11) is 0. The highest BCUT2D eigenvalue weighted by atomic mass is 35.5. The van der Waals surface area contributed by atoms with Gasteiger partial charge in [-0.25, -0.2) is 4.39 Å². The number of ketones is 2. The number of halogens is 2. The molecule has 0 atom stereocenters. The number of Topliss-reactive ketones (excluding diaryl/α,β-unsaturated/α-hetero) is 2. The van der Waals surface area contributed by atoms with E-state index in [1.165, 1.54) is 12.1 Å². The molecule has 1 aromatic heterocycles. The maximum absolute atomic E-state index is 13.5. The van der Waals surface area contributed by atoms with Gasteiger partial charge in [0.15, 0.2) is 11.6 Å². The number of carbonyl (C=O) groups excluding carboxylic acids is 2. The van der Waals surface area contributed by atoms with Crippen molar-refractivity contribution in [2.75, 3.05) is 6.61 Å². The molecular weight excluding hydrogens is 447 g/mol. The van der Waals surface area contributed by atoms with Crippen LogP contribution in [0.5, 0.6) is 5.75 Å². The molecule has 3 fully saturated rings. The molecule has 0 radical (unpaired) electrons. The first-order valence-corrected chi connectivity index (χ1v) is 11.3. The van der Waals surface area contributed by atoms with Crippen molar-refractivity contribution >= 4 is 23.2 Å². The molecule has 6 rings (SSSR count). The Bertz CT molecular complexity index is 1190. The number of carbonyl (C=O) groups is 2. The number of ether oxygens (including phenoxy) is 1. The Labute approximate surface area is 195 Å². The molecule has 2 bridgehead atoms. The van der Waals surface area contributed by atoms with Crippen LogP contribution in [0.15, 0.2) is 53.1 Å². The van der Waals surface area contributed by atoms with E-state index in [1.807, 2.05) is 30.3 Å². The lowest BCUT2D eigenvalue weighted by Crippen LogP contribution is -2.66. The predicted octanol–water partition coefficient (Wildman–Crippen LogP) is 5.24. The standard InChI is InChI=1S/C25H22ClFN2O4/c26-19-7-6-18(10-20(19)27)32-12-17(30)11-24-13-25(14-24,15-24)21(31)8-9-22-28-23(33-29-22)16-4-2-1-3-5-16/h1-7,10H,8-9,11-15H2. The normalized spacial score (nSPS) is 22.8. The Kier molecular flexibility index (Phi) is 5.52. The Balaban J connectivity index is 1.06. The molecule has 0 amide bonds. The summed E-state index contributed by atoms with van der Waals surface area (Å²) in [6.07, 6.45) is 3.39. The highest BCUT2D eigenvalue weighted by molar-refractivity contribution is 6.30. The van der Waals surface area contributed by atoms with Crippen LogP contribution in [0.2, 0.25) is 5.02 Å². The molecule has 2 aromatic carbocycles. The highest BCUT2D eigenvalue weighted by Gasteiger charge is 2.70. The fourth-order valence-corrected chi connectivity index (χ4v) is 5.34. The summed E-state index contributed by atoms with van der Waals surface area (Å²) in [5.74, 6) is 0.811. The monoisotopic (exact) mass is 468 g/mol. The van der Waals surface area contributed by atoms with Crippen LogP contribution in [0.3, 0.4) is 0 Å². The van der Waals surface area contributed by atoms with Gasteiger partial charge in [0.1, 0.15) is 24.0 Å². The minimum atomic E-state index is -0.585. The Morgan fingerprint density at radius 3 is 2.61 bits per heavy atom. The summed E-state index contributed by atoms with van der Waals surface area (Å²) in [4.78, 5) is 29.5. The lowest BCUT2D eigenvalue weighted by molar-refractivity contribution is -0.208. The third-order valence-corrected chi connectivity index (χ3v) is 6.97. The van der Waals surface area contributed by atoms with E-state index in [2.05, 4.69) is 10.1 Å². The van der Waals surface area contributed by atoms with Crippen LogP contribution in [0.25, 0.3) is 11.5 Å². The van der Waals surface area contributed by atoms with Crippen molar-refractivity contribution in [3.8, 4) is 17.2 Å². The fourth-order valence-electron chi connectivity index (χ4n) is 5.23. The molecule has 3 saturated carbocycles. The summed E-state index contributed by atoms with van der Waals surface area (Å²) in [6.45, 7) is -0.120. The van der Waals surface area contributed by atoms with Gasteiger partial charge in [-0.1, -0.05) is 35.0 Å². The zero-order valence-electron chi connectivity index (χ0n) is 17.9. The van der Waals surface area contributed by atoms with E-state index in [1.54, 1.807) is 0 Å². The van der Waals surface area contributed by atoms with E-state index < -0.39 is 5.82 Å². The van der Waals surface area contributed by atoms with Gasteiger partial charge in [-0.15, -0.1) is 0 Å². The van der Waals surface area contributed by atoms with Crippen LogP contribution in [0, 0.1) is 16.6 Å². The van der Waals surface area contributed by atoms with E-state index in [0.717, 1.165) is 30.9 Å². The molecule has 1 heterocycles. The quantitative estimate of drug-likeness (QED) is 0.404. The third-order valence-electron chi connectivity index (χ3n) is 6.66. The summed E-state index contributed by atoms with van der Waals surface area (Å²) < 4.78 is 24.2. The van der Waals surface area contributed by atoms with Crippen LogP contribution in [-0.4, -0.2) is 28.3 Å². The number of benzene rings is 2. The lowest BCUT2D eigenvalue weighted by atomic mass is 9.33. The van der Waals surface area contributed by atoms with Gasteiger partial charge in [-0.3, -0.25) is 9.59 Å². The molecule has 3 aromatic rings. The van der Waals surface area contributed by atoms with Crippen molar-refractivity contribution in [1.29, 1.82) is 0 Å². The van der Waals surface area contributed by atoms with Crippen molar-refractivity contribution in [2.24, 2.45) is 10.8 Å². The summed E-state index contributed by atoms with van der Waals surface area (Å²) in [5, 5.41) is 3.99. The van der Waals surface area contributed by atoms with Crippen molar-refractivity contribution < 1.29 is 23.2 Å². The van der Waals surface area contributed by atoms with Crippen LogP contribution in [0.1, 0.15) is 37.9 Å². The van der Waals surface area contributed by atoms with Gasteiger partial charge in [0.05, 0.1) is 5.02 Å². The van der Waals surface area contributed by atoms with Crippen molar-refractivity contribution in [2.45, 2.75) is 38.5 Å². The van der Waals surface area contributed by atoms with Crippen molar-refractivity contribution in [1.82, 2.24) is 10.1 Å². The van der Waals surface area contributed by atoms with Gasteiger partial charge in [0.2, 0.25) is 0 Å². The smallest absolute Gasteiger partial charge is 0.257 e.